The van der Waals surface area contributed by atoms with Crippen molar-refractivity contribution in [3.8, 4) is 0 Å². The third-order valence-corrected chi connectivity index (χ3v) is 3.17. The Balaban J connectivity index is 2.08. The summed E-state index contributed by atoms with van der Waals surface area (Å²) in [7, 11) is 4.31. The monoisotopic (exact) mass is 204 g/mol. The molecule has 2 heteroatoms. The Morgan fingerprint density at radius 2 is 1.93 bits per heavy atom. The third kappa shape index (κ3) is 2.58. The molecule has 15 heavy (non-hydrogen) atoms. The van der Waals surface area contributed by atoms with Gasteiger partial charge in [-0.15, -0.1) is 0 Å². The van der Waals surface area contributed by atoms with E-state index < -0.39 is 0 Å². The van der Waals surface area contributed by atoms with Gasteiger partial charge in [0, 0.05) is 19.0 Å². The molecule has 1 aromatic rings. The first-order valence-corrected chi connectivity index (χ1v) is 5.68. The maximum Gasteiger partial charge on any atom is 0.00239 e. The Hall–Kier alpha value is -0.860. The highest BCUT2D eigenvalue weighted by atomic mass is 15.1. The van der Waals surface area contributed by atoms with Crippen LogP contribution < -0.4 is 5.32 Å². The Morgan fingerprint density at radius 1 is 1.20 bits per heavy atom. The third-order valence-electron chi connectivity index (χ3n) is 3.17. The maximum atomic E-state index is 3.50. The van der Waals surface area contributed by atoms with Crippen LogP contribution in [0, 0.1) is 5.92 Å². The average Bonchev–Trinajstić information content (AvgIpc) is 2.66. The van der Waals surface area contributed by atoms with Gasteiger partial charge >= 0.3 is 0 Å². The summed E-state index contributed by atoms with van der Waals surface area (Å²) in [6.45, 7) is 3.45. The molecule has 0 amide bonds. The van der Waals surface area contributed by atoms with E-state index in [4.69, 9.17) is 0 Å². The molecule has 0 spiro atoms. The second-order valence-corrected chi connectivity index (χ2v) is 4.70. The fraction of sp³-hybridized carbons (Fsp3) is 0.538. The lowest BCUT2D eigenvalue weighted by molar-refractivity contribution is 0.322. The molecule has 0 radical (unpaired) electrons. The van der Waals surface area contributed by atoms with E-state index in [2.05, 4.69) is 54.6 Å². The van der Waals surface area contributed by atoms with E-state index in [1.54, 1.807) is 0 Å². The average molecular weight is 204 g/mol. The molecule has 1 saturated heterocycles. The molecule has 0 aromatic heterocycles. The minimum Gasteiger partial charge on any atom is -0.316 e. The molecular formula is C13H20N2. The predicted molar refractivity (Wildman–Crippen MR) is 64.1 cm³/mol. The lowest BCUT2D eigenvalue weighted by Gasteiger charge is -2.22. The van der Waals surface area contributed by atoms with Crippen molar-refractivity contribution in [2.45, 2.75) is 5.92 Å². The minimum atomic E-state index is 0.689. The zero-order valence-corrected chi connectivity index (χ0v) is 9.61. The number of nitrogens with zero attached hydrogens (tertiary/aromatic N) is 1. The van der Waals surface area contributed by atoms with Gasteiger partial charge in [-0.3, -0.25) is 0 Å². The van der Waals surface area contributed by atoms with Crippen molar-refractivity contribution >= 4 is 0 Å². The van der Waals surface area contributed by atoms with Crippen molar-refractivity contribution in [1.82, 2.24) is 10.2 Å². The molecule has 2 nitrogen and oxygen atoms in total. The van der Waals surface area contributed by atoms with Gasteiger partial charge in [-0.05, 0) is 32.1 Å². The van der Waals surface area contributed by atoms with E-state index in [1.165, 1.54) is 12.1 Å². The van der Waals surface area contributed by atoms with Crippen LogP contribution in [0.1, 0.15) is 11.5 Å². The highest BCUT2D eigenvalue weighted by Gasteiger charge is 2.28. The summed E-state index contributed by atoms with van der Waals surface area (Å²) in [5.74, 6) is 1.44. The zero-order chi connectivity index (χ0) is 10.7. The summed E-state index contributed by atoms with van der Waals surface area (Å²) >= 11 is 0. The fourth-order valence-electron chi connectivity index (χ4n) is 2.48. The van der Waals surface area contributed by atoms with Gasteiger partial charge in [0.25, 0.3) is 0 Å². The van der Waals surface area contributed by atoms with Gasteiger partial charge in [-0.2, -0.15) is 0 Å². The second-order valence-electron chi connectivity index (χ2n) is 4.70. The van der Waals surface area contributed by atoms with E-state index in [9.17, 15) is 0 Å². The molecule has 2 atom stereocenters. The molecule has 2 rings (SSSR count). The lowest BCUT2D eigenvalue weighted by atomic mass is 9.89. The Bertz CT molecular complexity index is 295. The molecule has 0 aliphatic carbocycles. The van der Waals surface area contributed by atoms with E-state index in [1.807, 2.05) is 0 Å². The first kappa shape index (κ1) is 10.7. The molecule has 0 saturated carbocycles. The van der Waals surface area contributed by atoms with Crippen LogP contribution in [-0.4, -0.2) is 38.6 Å². The molecule has 82 valence electrons. The highest BCUT2D eigenvalue weighted by molar-refractivity contribution is 5.22. The van der Waals surface area contributed by atoms with Gasteiger partial charge in [0.1, 0.15) is 0 Å². The van der Waals surface area contributed by atoms with Gasteiger partial charge < -0.3 is 10.2 Å². The molecular weight excluding hydrogens is 184 g/mol. The molecule has 1 fully saturated rings. The van der Waals surface area contributed by atoms with Gasteiger partial charge in [-0.25, -0.2) is 0 Å². The standard InChI is InChI=1S/C13H20N2/c1-15(2)10-12-8-14-9-13(12)11-6-4-3-5-7-11/h3-7,12-14H,8-10H2,1-2H3. The van der Waals surface area contributed by atoms with Crippen molar-refractivity contribution in [3.63, 3.8) is 0 Å². The zero-order valence-electron chi connectivity index (χ0n) is 9.61. The number of rotatable bonds is 3. The Labute approximate surface area is 92.3 Å². The van der Waals surface area contributed by atoms with Crippen LogP contribution in [0.3, 0.4) is 0 Å². The molecule has 1 heterocycles. The normalized spacial score (nSPS) is 26.1. The van der Waals surface area contributed by atoms with Crippen LogP contribution in [0.5, 0.6) is 0 Å². The first-order valence-electron chi connectivity index (χ1n) is 5.68. The van der Waals surface area contributed by atoms with E-state index in [0.717, 1.165) is 19.0 Å². The molecule has 1 aliphatic rings. The molecule has 1 aliphatic heterocycles. The molecule has 1 aromatic carbocycles. The van der Waals surface area contributed by atoms with Crippen molar-refractivity contribution in [2.75, 3.05) is 33.7 Å². The van der Waals surface area contributed by atoms with Crippen molar-refractivity contribution in [3.05, 3.63) is 35.9 Å². The summed E-state index contributed by atoms with van der Waals surface area (Å²) in [5.41, 5.74) is 1.48. The Morgan fingerprint density at radius 3 is 2.60 bits per heavy atom. The number of hydrogen-bond acceptors (Lipinski definition) is 2. The Kier molecular flexibility index (Phi) is 3.39. The predicted octanol–water partition coefficient (Wildman–Crippen LogP) is 1.55. The molecule has 0 bridgehead atoms. The minimum absolute atomic E-state index is 0.689. The number of benzene rings is 1. The fourth-order valence-corrected chi connectivity index (χ4v) is 2.48. The van der Waals surface area contributed by atoms with E-state index >= 15 is 0 Å². The van der Waals surface area contributed by atoms with Crippen LogP contribution in [0.25, 0.3) is 0 Å². The summed E-state index contributed by atoms with van der Waals surface area (Å²) in [5, 5.41) is 3.50. The van der Waals surface area contributed by atoms with Crippen molar-refractivity contribution in [2.24, 2.45) is 5.92 Å². The number of nitrogens with one attached hydrogen (secondary N) is 1. The smallest absolute Gasteiger partial charge is 0.00239 e. The van der Waals surface area contributed by atoms with Gasteiger partial charge in [0.2, 0.25) is 0 Å². The topological polar surface area (TPSA) is 15.3 Å². The molecule has 1 N–H and O–H groups in total. The summed E-state index contributed by atoms with van der Waals surface area (Å²) < 4.78 is 0. The van der Waals surface area contributed by atoms with Gasteiger partial charge in [0.15, 0.2) is 0 Å². The summed E-state index contributed by atoms with van der Waals surface area (Å²) in [4.78, 5) is 2.29. The largest absolute Gasteiger partial charge is 0.316 e. The first-order chi connectivity index (χ1) is 7.27. The van der Waals surface area contributed by atoms with Gasteiger partial charge in [-0.1, -0.05) is 30.3 Å². The maximum absolute atomic E-state index is 3.50. The molecule has 2 unspecified atom stereocenters. The lowest BCUT2D eigenvalue weighted by Crippen LogP contribution is -2.26. The van der Waals surface area contributed by atoms with Crippen LogP contribution in [-0.2, 0) is 0 Å². The van der Waals surface area contributed by atoms with Crippen LogP contribution in [0.15, 0.2) is 30.3 Å². The highest BCUT2D eigenvalue weighted by Crippen LogP contribution is 2.28. The number of hydrogen-bond donors (Lipinski definition) is 1. The van der Waals surface area contributed by atoms with Crippen LogP contribution in [0.2, 0.25) is 0 Å². The van der Waals surface area contributed by atoms with Crippen LogP contribution in [0.4, 0.5) is 0 Å². The quantitative estimate of drug-likeness (QED) is 0.803. The summed E-state index contributed by atoms with van der Waals surface area (Å²) in [6.07, 6.45) is 0. The van der Waals surface area contributed by atoms with Crippen LogP contribution >= 0.6 is 0 Å². The second kappa shape index (κ2) is 4.77. The van der Waals surface area contributed by atoms with E-state index in [-0.39, 0.29) is 0 Å². The summed E-state index contributed by atoms with van der Waals surface area (Å²) in [6, 6.07) is 10.9. The SMILES string of the molecule is CN(C)CC1CNCC1c1ccccc1. The van der Waals surface area contributed by atoms with Crippen molar-refractivity contribution in [1.29, 1.82) is 0 Å². The van der Waals surface area contributed by atoms with E-state index in [0.29, 0.717) is 5.92 Å². The van der Waals surface area contributed by atoms with Crippen molar-refractivity contribution < 1.29 is 0 Å². The van der Waals surface area contributed by atoms with Gasteiger partial charge in [0.05, 0.1) is 0 Å².